The average Bonchev–Trinajstić information content (AvgIpc) is 2.47. The van der Waals surface area contributed by atoms with Crippen molar-refractivity contribution in [1.82, 2.24) is 20.3 Å². The zero-order valence-corrected chi connectivity index (χ0v) is 10.9. The summed E-state index contributed by atoms with van der Waals surface area (Å²) in [5.74, 6) is 0.942. The minimum atomic E-state index is 0.207. The molecule has 3 rings (SSSR count). The van der Waals surface area contributed by atoms with E-state index < -0.39 is 0 Å². The van der Waals surface area contributed by atoms with Crippen molar-refractivity contribution >= 4 is 17.0 Å². The molecule has 3 heterocycles. The van der Waals surface area contributed by atoms with Crippen LogP contribution in [0.3, 0.4) is 0 Å². The number of ether oxygens (including phenoxy) is 1. The summed E-state index contributed by atoms with van der Waals surface area (Å²) in [4.78, 5) is 15.3. The summed E-state index contributed by atoms with van der Waals surface area (Å²) in [5, 5.41) is 3.14. The van der Waals surface area contributed by atoms with Crippen LogP contribution in [0.2, 0.25) is 0 Å². The van der Waals surface area contributed by atoms with Gasteiger partial charge in [-0.15, -0.1) is 0 Å². The number of hydrogen-bond acceptors (Lipinski definition) is 6. The molecule has 0 amide bonds. The van der Waals surface area contributed by atoms with Gasteiger partial charge < -0.3 is 15.0 Å². The standard InChI is InChI=1S/C13H17N5O/c1-14-8-10-9-18(6-7-19-10)12-3-2-11-13(17-12)16-5-4-15-11/h2-5,10,14H,6-9H2,1H3. The Morgan fingerprint density at radius 3 is 3.16 bits per heavy atom. The lowest BCUT2D eigenvalue weighted by Crippen LogP contribution is -2.46. The van der Waals surface area contributed by atoms with E-state index in [1.54, 1.807) is 12.4 Å². The summed E-state index contributed by atoms with van der Waals surface area (Å²) in [6.07, 6.45) is 3.56. The number of pyridine rings is 1. The van der Waals surface area contributed by atoms with Crippen LogP contribution in [0.5, 0.6) is 0 Å². The number of aromatic nitrogens is 3. The van der Waals surface area contributed by atoms with E-state index in [0.29, 0.717) is 5.65 Å². The smallest absolute Gasteiger partial charge is 0.180 e. The summed E-state index contributed by atoms with van der Waals surface area (Å²) in [6.45, 7) is 3.29. The molecule has 6 heteroatoms. The van der Waals surface area contributed by atoms with Crippen LogP contribution in [0.4, 0.5) is 5.82 Å². The minimum absolute atomic E-state index is 0.207. The van der Waals surface area contributed by atoms with Gasteiger partial charge in [0.05, 0.1) is 12.7 Å². The van der Waals surface area contributed by atoms with Crippen LogP contribution in [-0.4, -0.2) is 54.3 Å². The fourth-order valence-electron chi connectivity index (χ4n) is 2.30. The topological polar surface area (TPSA) is 63.2 Å². The van der Waals surface area contributed by atoms with E-state index in [1.807, 2.05) is 19.2 Å². The second kappa shape index (κ2) is 5.46. The second-order valence-electron chi connectivity index (χ2n) is 4.57. The van der Waals surface area contributed by atoms with Crippen LogP contribution in [-0.2, 0) is 4.74 Å². The molecule has 1 aliphatic heterocycles. The van der Waals surface area contributed by atoms with Gasteiger partial charge in [-0.3, -0.25) is 4.98 Å². The van der Waals surface area contributed by atoms with Crippen molar-refractivity contribution in [2.24, 2.45) is 0 Å². The van der Waals surface area contributed by atoms with E-state index in [1.165, 1.54) is 0 Å². The molecule has 100 valence electrons. The average molecular weight is 259 g/mol. The Morgan fingerprint density at radius 1 is 1.37 bits per heavy atom. The molecule has 1 aliphatic rings. The van der Waals surface area contributed by atoms with Crippen LogP contribution in [0.15, 0.2) is 24.5 Å². The van der Waals surface area contributed by atoms with Crippen molar-refractivity contribution in [2.45, 2.75) is 6.10 Å². The molecule has 1 fully saturated rings. The van der Waals surface area contributed by atoms with Crippen LogP contribution >= 0.6 is 0 Å². The maximum atomic E-state index is 5.70. The highest BCUT2D eigenvalue weighted by atomic mass is 16.5. The van der Waals surface area contributed by atoms with E-state index >= 15 is 0 Å². The number of anilines is 1. The third-order valence-corrected chi connectivity index (χ3v) is 3.21. The molecule has 1 unspecified atom stereocenters. The largest absolute Gasteiger partial charge is 0.373 e. The van der Waals surface area contributed by atoms with Gasteiger partial charge in [-0.25, -0.2) is 9.97 Å². The Balaban J connectivity index is 1.83. The number of nitrogens with one attached hydrogen (secondary N) is 1. The van der Waals surface area contributed by atoms with Gasteiger partial charge in [0, 0.05) is 32.0 Å². The Labute approximate surface area is 111 Å². The van der Waals surface area contributed by atoms with Gasteiger partial charge in [0.25, 0.3) is 0 Å². The number of fused-ring (bicyclic) bond motifs is 1. The summed E-state index contributed by atoms with van der Waals surface area (Å²) >= 11 is 0. The monoisotopic (exact) mass is 259 g/mol. The first-order valence-electron chi connectivity index (χ1n) is 6.46. The number of nitrogens with zero attached hydrogens (tertiary/aromatic N) is 4. The lowest BCUT2D eigenvalue weighted by molar-refractivity contribution is 0.0419. The number of likely N-dealkylation sites (N-methyl/N-ethyl adjacent to an activating group) is 1. The zero-order valence-electron chi connectivity index (χ0n) is 10.9. The Kier molecular flexibility index (Phi) is 3.52. The van der Waals surface area contributed by atoms with Gasteiger partial charge >= 0.3 is 0 Å². The molecule has 2 aromatic rings. The van der Waals surface area contributed by atoms with E-state index in [2.05, 4.69) is 25.2 Å². The minimum Gasteiger partial charge on any atom is -0.373 e. The molecular formula is C13H17N5O. The first kappa shape index (κ1) is 12.3. The molecule has 1 saturated heterocycles. The Hall–Kier alpha value is -1.79. The Bertz CT molecular complexity index is 559. The highest BCUT2D eigenvalue weighted by molar-refractivity contribution is 5.71. The molecule has 2 aromatic heterocycles. The third kappa shape index (κ3) is 2.64. The highest BCUT2D eigenvalue weighted by Gasteiger charge is 2.21. The number of morpholine rings is 1. The SMILES string of the molecule is CNCC1CN(c2ccc3nccnc3n2)CCO1. The zero-order chi connectivity index (χ0) is 13.1. The van der Waals surface area contributed by atoms with Crippen LogP contribution in [0.1, 0.15) is 0 Å². The van der Waals surface area contributed by atoms with Crippen LogP contribution < -0.4 is 10.2 Å². The highest BCUT2D eigenvalue weighted by Crippen LogP contribution is 2.17. The molecule has 0 aliphatic carbocycles. The maximum Gasteiger partial charge on any atom is 0.180 e. The molecule has 1 atom stereocenters. The molecule has 0 bridgehead atoms. The van der Waals surface area contributed by atoms with E-state index in [-0.39, 0.29) is 6.10 Å². The number of rotatable bonds is 3. The fourth-order valence-corrected chi connectivity index (χ4v) is 2.30. The summed E-state index contributed by atoms with van der Waals surface area (Å²) in [7, 11) is 1.94. The van der Waals surface area contributed by atoms with Gasteiger partial charge in [0.2, 0.25) is 0 Å². The molecule has 0 saturated carbocycles. The quantitative estimate of drug-likeness (QED) is 0.863. The van der Waals surface area contributed by atoms with Gasteiger partial charge in [-0.2, -0.15) is 0 Å². The normalized spacial score (nSPS) is 19.8. The third-order valence-electron chi connectivity index (χ3n) is 3.21. The number of hydrogen-bond donors (Lipinski definition) is 1. The lowest BCUT2D eigenvalue weighted by atomic mass is 10.2. The predicted octanol–water partition coefficient (Wildman–Crippen LogP) is 0.449. The van der Waals surface area contributed by atoms with Gasteiger partial charge in [0.1, 0.15) is 11.3 Å². The van der Waals surface area contributed by atoms with E-state index in [0.717, 1.165) is 37.6 Å². The van der Waals surface area contributed by atoms with Crippen molar-refractivity contribution in [1.29, 1.82) is 0 Å². The van der Waals surface area contributed by atoms with Gasteiger partial charge in [-0.05, 0) is 19.2 Å². The summed E-state index contributed by atoms with van der Waals surface area (Å²) < 4.78 is 5.70. The molecule has 19 heavy (non-hydrogen) atoms. The second-order valence-corrected chi connectivity index (χ2v) is 4.57. The fraction of sp³-hybridized carbons (Fsp3) is 0.462. The lowest BCUT2D eigenvalue weighted by Gasteiger charge is -2.33. The molecule has 6 nitrogen and oxygen atoms in total. The molecular weight excluding hydrogens is 242 g/mol. The summed E-state index contributed by atoms with van der Waals surface area (Å²) in [5.41, 5.74) is 1.52. The van der Waals surface area contributed by atoms with Crippen molar-refractivity contribution < 1.29 is 4.74 Å². The van der Waals surface area contributed by atoms with Crippen molar-refractivity contribution in [3.05, 3.63) is 24.5 Å². The van der Waals surface area contributed by atoms with E-state index in [9.17, 15) is 0 Å². The van der Waals surface area contributed by atoms with Crippen LogP contribution in [0.25, 0.3) is 11.2 Å². The first-order chi connectivity index (χ1) is 9.36. The predicted molar refractivity (Wildman–Crippen MR) is 73.2 cm³/mol. The Morgan fingerprint density at radius 2 is 2.26 bits per heavy atom. The molecule has 0 radical (unpaired) electrons. The van der Waals surface area contributed by atoms with E-state index in [4.69, 9.17) is 4.74 Å². The van der Waals surface area contributed by atoms with Crippen molar-refractivity contribution in [2.75, 3.05) is 38.2 Å². The maximum absolute atomic E-state index is 5.70. The van der Waals surface area contributed by atoms with Crippen molar-refractivity contribution in [3.63, 3.8) is 0 Å². The molecule has 0 aromatic carbocycles. The first-order valence-corrected chi connectivity index (χ1v) is 6.46. The molecule has 0 spiro atoms. The summed E-state index contributed by atoms with van der Waals surface area (Å²) in [6, 6.07) is 3.96. The van der Waals surface area contributed by atoms with Gasteiger partial charge in [-0.1, -0.05) is 0 Å². The molecule has 1 N–H and O–H groups in total. The van der Waals surface area contributed by atoms with Crippen molar-refractivity contribution in [3.8, 4) is 0 Å². The van der Waals surface area contributed by atoms with Gasteiger partial charge in [0.15, 0.2) is 5.65 Å². The van der Waals surface area contributed by atoms with Crippen LogP contribution in [0, 0.1) is 0 Å².